The van der Waals surface area contributed by atoms with Gasteiger partial charge >= 0.3 is 0 Å². The van der Waals surface area contributed by atoms with Gasteiger partial charge in [0, 0.05) is 17.4 Å². The molecule has 5 rings (SSSR count). The summed E-state index contributed by atoms with van der Waals surface area (Å²) < 4.78 is 23.5. The number of carbonyl (C=O) groups excluding carboxylic acids is 1. The number of hydrogen-bond acceptors (Lipinski definition) is 7. The summed E-state index contributed by atoms with van der Waals surface area (Å²) in [5, 5.41) is 16.3. The molecule has 10 heteroatoms. The number of alkyl halides is 1. The van der Waals surface area contributed by atoms with E-state index in [0.717, 1.165) is 24.0 Å². The van der Waals surface area contributed by atoms with E-state index in [0.29, 0.717) is 35.1 Å². The predicted molar refractivity (Wildman–Crippen MR) is 128 cm³/mol. The van der Waals surface area contributed by atoms with Crippen molar-refractivity contribution in [3.8, 4) is 11.5 Å². The largest absolute Gasteiger partial charge is 0.388 e. The highest BCUT2D eigenvalue weighted by molar-refractivity contribution is 6.04. The Bertz CT molecular complexity index is 1290. The molecule has 0 radical (unpaired) electrons. The maximum absolute atomic E-state index is 12.9. The Morgan fingerprint density at radius 1 is 1.29 bits per heavy atom. The lowest BCUT2D eigenvalue weighted by Gasteiger charge is -2.16. The van der Waals surface area contributed by atoms with E-state index in [9.17, 15) is 14.3 Å². The minimum absolute atomic E-state index is 0.224. The van der Waals surface area contributed by atoms with E-state index in [1.54, 1.807) is 30.5 Å². The summed E-state index contributed by atoms with van der Waals surface area (Å²) in [6.07, 6.45) is 5.86. The number of hydrogen-bond donors (Lipinski definition) is 2. The first kappa shape index (κ1) is 24.5. The number of benzene rings is 1. The van der Waals surface area contributed by atoms with Crippen molar-refractivity contribution in [2.24, 2.45) is 0 Å². The molecule has 1 amide bonds. The van der Waals surface area contributed by atoms with Crippen LogP contribution < -0.4 is 5.32 Å². The van der Waals surface area contributed by atoms with Crippen molar-refractivity contribution in [1.82, 2.24) is 19.5 Å². The number of amides is 1. The number of aliphatic hydroxyl groups is 1. The first-order chi connectivity index (χ1) is 16.7. The molecule has 184 valence electrons. The Hall–Kier alpha value is -3.63. The van der Waals surface area contributed by atoms with Gasteiger partial charge in [0.2, 0.25) is 0 Å². The van der Waals surface area contributed by atoms with E-state index in [4.69, 9.17) is 9.26 Å². The number of carbonyl (C=O) groups is 1. The summed E-state index contributed by atoms with van der Waals surface area (Å²) in [7, 11) is 0. The van der Waals surface area contributed by atoms with Gasteiger partial charge in [-0.15, -0.1) is 0 Å². The molecule has 0 spiro atoms. The zero-order valence-corrected chi connectivity index (χ0v) is 19.9. The average molecular weight is 482 g/mol. The van der Waals surface area contributed by atoms with E-state index < -0.39 is 11.8 Å². The van der Waals surface area contributed by atoms with Gasteiger partial charge in [-0.3, -0.25) is 9.20 Å². The molecule has 0 aliphatic heterocycles. The quantitative estimate of drug-likeness (QED) is 0.403. The third-order valence-electron chi connectivity index (χ3n) is 5.14. The van der Waals surface area contributed by atoms with Crippen molar-refractivity contribution in [2.45, 2.75) is 52.0 Å². The third-order valence-corrected chi connectivity index (χ3v) is 5.14. The van der Waals surface area contributed by atoms with Crippen LogP contribution in [-0.4, -0.2) is 48.9 Å². The maximum atomic E-state index is 12.9. The van der Waals surface area contributed by atoms with E-state index in [1.165, 1.54) is 12.5 Å². The Labute approximate surface area is 202 Å². The highest BCUT2D eigenvalue weighted by Crippen LogP contribution is 2.24. The van der Waals surface area contributed by atoms with Crippen LogP contribution in [0.5, 0.6) is 0 Å². The molecule has 0 bridgehead atoms. The molecule has 1 fully saturated rings. The molecule has 1 saturated carbocycles. The molecule has 3 heterocycles. The molecule has 0 saturated heterocycles. The van der Waals surface area contributed by atoms with Crippen LogP contribution in [-0.2, 0) is 11.3 Å². The van der Waals surface area contributed by atoms with Gasteiger partial charge in [-0.05, 0) is 69.0 Å². The maximum Gasteiger partial charge on any atom is 0.274 e. The molecule has 1 aromatic carbocycles. The summed E-state index contributed by atoms with van der Waals surface area (Å²) in [4.78, 5) is 21.3. The van der Waals surface area contributed by atoms with E-state index in [2.05, 4.69) is 20.4 Å². The molecule has 4 aromatic rings. The van der Waals surface area contributed by atoms with Crippen LogP contribution >= 0.6 is 0 Å². The highest BCUT2D eigenvalue weighted by atomic mass is 19.1. The molecule has 0 atom stereocenters. The van der Waals surface area contributed by atoms with Gasteiger partial charge in [0.1, 0.15) is 17.5 Å². The fourth-order valence-electron chi connectivity index (χ4n) is 3.14. The van der Waals surface area contributed by atoms with Gasteiger partial charge < -0.3 is 19.7 Å². The summed E-state index contributed by atoms with van der Waals surface area (Å²) in [6.45, 7) is 5.85. The van der Waals surface area contributed by atoms with Crippen LogP contribution in [0.3, 0.4) is 0 Å². The van der Waals surface area contributed by atoms with Gasteiger partial charge in [-0.2, -0.15) is 4.98 Å². The van der Waals surface area contributed by atoms with Crippen LogP contribution in [0.15, 0.2) is 53.6 Å². The van der Waals surface area contributed by atoms with E-state index in [1.807, 2.05) is 31.2 Å². The summed E-state index contributed by atoms with van der Waals surface area (Å²) in [5.74, 6) is 0.0916. The predicted octanol–water partition coefficient (Wildman–Crippen LogP) is 4.35. The van der Waals surface area contributed by atoms with Gasteiger partial charge in [0.05, 0.1) is 25.0 Å². The number of pyridine rings is 1. The van der Waals surface area contributed by atoms with E-state index >= 15 is 0 Å². The van der Waals surface area contributed by atoms with E-state index in [-0.39, 0.29) is 12.5 Å². The van der Waals surface area contributed by atoms with Gasteiger partial charge in [0.15, 0.2) is 6.33 Å². The van der Waals surface area contributed by atoms with Crippen molar-refractivity contribution in [1.29, 1.82) is 0 Å². The number of fused-ring (bicyclic) bond motifs is 1. The van der Waals surface area contributed by atoms with Crippen LogP contribution in [0.2, 0.25) is 0 Å². The smallest absolute Gasteiger partial charge is 0.274 e. The number of nitrogens with zero attached hydrogens (tertiary/aromatic N) is 4. The Kier molecular flexibility index (Phi) is 7.23. The fourth-order valence-corrected chi connectivity index (χ4v) is 3.14. The van der Waals surface area contributed by atoms with Gasteiger partial charge in [-0.25, -0.2) is 9.37 Å². The Morgan fingerprint density at radius 3 is 2.71 bits per heavy atom. The summed E-state index contributed by atoms with van der Waals surface area (Å²) >= 11 is 0. The van der Waals surface area contributed by atoms with Crippen LogP contribution in [0.25, 0.3) is 17.1 Å². The summed E-state index contributed by atoms with van der Waals surface area (Å²) in [6, 6.07) is 9.24. The SMILES string of the molecule is Cc1ccc(-c2ncno2)cc1NC(=O)c1cnc2cc(COCC(C)(C)O)ccn12.FC1CC1. The molecule has 35 heavy (non-hydrogen) atoms. The van der Waals surface area contributed by atoms with Crippen molar-refractivity contribution in [3.05, 3.63) is 65.9 Å². The monoisotopic (exact) mass is 481 g/mol. The zero-order valence-electron chi connectivity index (χ0n) is 19.9. The van der Waals surface area contributed by atoms with Crippen LogP contribution in [0.4, 0.5) is 10.1 Å². The number of nitrogens with one attached hydrogen (secondary N) is 1. The van der Waals surface area contributed by atoms with Crippen LogP contribution in [0.1, 0.15) is 48.3 Å². The van der Waals surface area contributed by atoms with Crippen molar-refractivity contribution in [3.63, 3.8) is 0 Å². The lowest BCUT2D eigenvalue weighted by Crippen LogP contribution is -2.25. The number of rotatable bonds is 7. The topological polar surface area (TPSA) is 115 Å². The third kappa shape index (κ3) is 6.71. The highest BCUT2D eigenvalue weighted by Gasteiger charge is 2.18. The molecule has 1 aliphatic rings. The normalized spacial score (nSPS) is 13.4. The van der Waals surface area contributed by atoms with Gasteiger partial charge in [-0.1, -0.05) is 11.2 Å². The molecular weight excluding hydrogens is 453 g/mol. The number of halogens is 1. The second-order valence-electron chi connectivity index (χ2n) is 9.12. The molecule has 2 N–H and O–H groups in total. The Balaban J connectivity index is 0.000000656. The van der Waals surface area contributed by atoms with Crippen molar-refractivity contribution >= 4 is 17.2 Å². The first-order valence-corrected chi connectivity index (χ1v) is 11.3. The van der Waals surface area contributed by atoms with Crippen LogP contribution in [0, 0.1) is 6.92 Å². The average Bonchev–Trinajstić information content (AvgIpc) is 3.26. The molecular formula is C25H28FN5O4. The Morgan fingerprint density at radius 2 is 2.06 bits per heavy atom. The standard InChI is InChI=1S/C22H23N5O4.C3H5F/c1-14-4-5-16(21-24-13-25-31-21)9-17(14)26-20(28)18-10-23-19-8-15(6-7-27(18)19)11-30-12-22(2,3)29;4-3-1-2-3/h4-10,13,29H,11-12H2,1-3H3,(H,26,28);3H,1-2H2. The second-order valence-corrected chi connectivity index (χ2v) is 9.12. The number of imidazole rings is 1. The second kappa shape index (κ2) is 10.3. The number of aromatic nitrogens is 4. The fraction of sp³-hybridized carbons (Fsp3) is 0.360. The lowest BCUT2D eigenvalue weighted by atomic mass is 10.1. The molecule has 0 unspecified atom stereocenters. The number of aryl methyl sites for hydroxylation is 1. The molecule has 3 aromatic heterocycles. The summed E-state index contributed by atoms with van der Waals surface area (Å²) in [5.41, 5.74) is 3.31. The molecule has 1 aliphatic carbocycles. The number of anilines is 1. The van der Waals surface area contributed by atoms with Gasteiger partial charge in [0.25, 0.3) is 11.8 Å². The zero-order chi connectivity index (χ0) is 25.0. The number of ether oxygens (including phenoxy) is 1. The first-order valence-electron chi connectivity index (χ1n) is 11.3. The minimum Gasteiger partial charge on any atom is -0.388 e. The van der Waals surface area contributed by atoms with Crippen molar-refractivity contribution < 1.29 is 23.6 Å². The lowest BCUT2D eigenvalue weighted by molar-refractivity contribution is -0.0268. The van der Waals surface area contributed by atoms with Crippen molar-refractivity contribution in [2.75, 3.05) is 11.9 Å². The molecule has 9 nitrogen and oxygen atoms in total. The minimum atomic E-state index is -0.887.